The van der Waals surface area contributed by atoms with Crippen LogP contribution in [0.2, 0.25) is 0 Å². The fourth-order valence-corrected chi connectivity index (χ4v) is 2.78. The largest absolute Gasteiger partial charge is 0.334 e. The summed E-state index contributed by atoms with van der Waals surface area (Å²) in [6.07, 6.45) is 1.47. The third kappa shape index (κ3) is 2.95. The predicted octanol–water partition coefficient (Wildman–Crippen LogP) is 1.62. The summed E-state index contributed by atoms with van der Waals surface area (Å²) in [7, 11) is 0. The second-order valence-electron chi connectivity index (χ2n) is 5.31. The third-order valence-electron chi connectivity index (χ3n) is 3.67. The summed E-state index contributed by atoms with van der Waals surface area (Å²) in [6.45, 7) is 2.20. The van der Waals surface area contributed by atoms with Gasteiger partial charge in [-0.15, -0.1) is 10.2 Å². The summed E-state index contributed by atoms with van der Waals surface area (Å²) >= 11 is 0. The second kappa shape index (κ2) is 5.78. The van der Waals surface area contributed by atoms with Gasteiger partial charge in [-0.2, -0.15) is 4.80 Å². The van der Waals surface area contributed by atoms with E-state index in [1.54, 1.807) is 11.8 Å². The van der Waals surface area contributed by atoms with Crippen molar-refractivity contribution in [1.82, 2.24) is 25.1 Å². The van der Waals surface area contributed by atoms with Gasteiger partial charge >= 0.3 is 0 Å². The van der Waals surface area contributed by atoms with E-state index in [1.807, 2.05) is 0 Å². The van der Waals surface area contributed by atoms with Crippen molar-refractivity contribution < 1.29 is 13.6 Å². The Hall–Kier alpha value is -2.38. The summed E-state index contributed by atoms with van der Waals surface area (Å²) in [5, 5.41) is 11.4. The molecule has 0 saturated carbocycles. The van der Waals surface area contributed by atoms with Gasteiger partial charge in [0.1, 0.15) is 18.2 Å². The van der Waals surface area contributed by atoms with Crippen LogP contribution in [0.1, 0.15) is 30.3 Å². The van der Waals surface area contributed by atoms with Gasteiger partial charge in [0.2, 0.25) is 5.91 Å². The molecule has 22 heavy (non-hydrogen) atoms. The molecule has 1 aromatic carbocycles. The molecule has 2 heterocycles. The summed E-state index contributed by atoms with van der Waals surface area (Å²) in [5.41, 5.74) is 0.478. The topological polar surface area (TPSA) is 63.9 Å². The number of amides is 1. The number of rotatable bonds is 3. The first-order valence-corrected chi connectivity index (χ1v) is 7.03. The van der Waals surface area contributed by atoms with Crippen molar-refractivity contribution in [3.63, 3.8) is 0 Å². The maximum Gasteiger partial charge on any atom is 0.246 e. The van der Waals surface area contributed by atoms with Crippen LogP contribution >= 0.6 is 0 Å². The molecule has 6 nitrogen and oxygen atoms in total. The standard InChI is InChI=1S/C14H15F2N5O/c1-9-17-19-21(18-9)8-14(22)20-4-2-3-13(20)10-5-11(15)7-12(16)6-10/h5-7,13H,2-4,8H2,1H3. The lowest BCUT2D eigenvalue weighted by Crippen LogP contribution is -2.34. The minimum Gasteiger partial charge on any atom is -0.334 e. The van der Waals surface area contributed by atoms with Crippen LogP contribution in [0.4, 0.5) is 8.78 Å². The highest BCUT2D eigenvalue weighted by Gasteiger charge is 2.30. The number of benzene rings is 1. The zero-order chi connectivity index (χ0) is 15.7. The van der Waals surface area contributed by atoms with Crippen molar-refractivity contribution in [2.75, 3.05) is 6.54 Å². The Labute approximate surface area is 125 Å². The number of hydrogen-bond donors (Lipinski definition) is 0. The molecule has 0 N–H and O–H groups in total. The van der Waals surface area contributed by atoms with Crippen molar-refractivity contribution >= 4 is 5.91 Å². The monoisotopic (exact) mass is 307 g/mol. The van der Waals surface area contributed by atoms with Gasteiger partial charge in [0.15, 0.2) is 5.82 Å². The van der Waals surface area contributed by atoms with E-state index >= 15 is 0 Å². The lowest BCUT2D eigenvalue weighted by Gasteiger charge is -2.25. The van der Waals surface area contributed by atoms with Gasteiger partial charge in [0.25, 0.3) is 0 Å². The molecule has 1 aliphatic heterocycles. The molecule has 1 unspecified atom stereocenters. The van der Waals surface area contributed by atoms with E-state index in [-0.39, 0.29) is 18.5 Å². The lowest BCUT2D eigenvalue weighted by atomic mass is 10.0. The lowest BCUT2D eigenvalue weighted by molar-refractivity contribution is -0.133. The van der Waals surface area contributed by atoms with Crippen LogP contribution in [-0.2, 0) is 11.3 Å². The molecular formula is C14H15F2N5O. The first kappa shape index (κ1) is 14.6. The molecule has 0 spiro atoms. The molecule has 0 bridgehead atoms. The summed E-state index contributed by atoms with van der Waals surface area (Å²) in [5.74, 6) is -0.978. The molecule has 1 atom stereocenters. The fourth-order valence-electron chi connectivity index (χ4n) is 2.78. The average Bonchev–Trinajstić information content (AvgIpc) is 3.06. The number of carbonyl (C=O) groups excluding carboxylic acids is 1. The van der Waals surface area contributed by atoms with E-state index in [0.717, 1.165) is 12.5 Å². The summed E-state index contributed by atoms with van der Waals surface area (Å²) in [4.78, 5) is 15.2. The molecule has 1 aromatic heterocycles. The maximum absolute atomic E-state index is 13.4. The Balaban J connectivity index is 1.79. The van der Waals surface area contributed by atoms with Gasteiger partial charge in [-0.3, -0.25) is 4.79 Å². The molecule has 1 amide bonds. The van der Waals surface area contributed by atoms with Gasteiger partial charge in [-0.25, -0.2) is 8.78 Å². The summed E-state index contributed by atoms with van der Waals surface area (Å²) in [6, 6.07) is 3.06. The number of tetrazole rings is 1. The van der Waals surface area contributed by atoms with Crippen molar-refractivity contribution in [1.29, 1.82) is 0 Å². The number of halogens is 2. The van der Waals surface area contributed by atoms with E-state index in [4.69, 9.17) is 0 Å². The highest BCUT2D eigenvalue weighted by molar-refractivity contribution is 5.76. The van der Waals surface area contributed by atoms with E-state index < -0.39 is 11.6 Å². The molecule has 1 fully saturated rings. The highest BCUT2D eigenvalue weighted by atomic mass is 19.1. The van der Waals surface area contributed by atoms with Gasteiger partial charge in [0.05, 0.1) is 6.04 Å². The Morgan fingerprint density at radius 2 is 2.05 bits per heavy atom. The average molecular weight is 307 g/mol. The fraction of sp³-hybridized carbons (Fsp3) is 0.429. The van der Waals surface area contributed by atoms with Crippen LogP contribution in [0.25, 0.3) is 0 Å². The van der Waals surface area contributed by atoms with Crippen LogP contribution in [0.5, 0.6) is 0 Å². The number of aryl methyl sites for hydroxylation is 1. The normalized spacial score (nSPS) is 18.0. The zero-order valence-electron chi connectivity index (χ0n) is 12.0. The van der Waals surface area contributed by atoms with Gasteiger partial charge < -0.3 is 4.90 Å². The SMILES string of the molecule is Cc1nnn(CC(=O)N2CCCC2c2cc(F)cc(F)c2)n1. The van der Waals surface area contributed by atoms with Gasteiger partial charge in [-0.05, 0) is 42.7 Å². The van der Waals surface area contributed by atoms with Crippen molar-refractivity contribution in [2.24, 2.45) is 0 Å². The molecule has 3 rings (SSSR count). The van der Waals surface area contributed by atoms with Crippen molar-refractivity contribution in [2.45, 2.75) is 32.4 Å². The second-order valence-corrected chi connectivity index (χ2v) is 5.31. The number of likely N-dealkylation sites (tertiary alicyclic amines) is 1. The number of nitrogens with zero attached hydrogens (tertiary/aromatic N) is 5. The molecule has 116 valence electrons. The van der Waals surface area contributed by atoms with Crippen molar-refractivity contribution in [3.05, 3.63) is 41.2 Å². The molecule has 0 radical (unpaired) electrons. The zero-order valence-corrected chi connectivity index (χ0v) is 12.0. The van der Waals surface area contributed by atoms with Crippen molar-refractivity contribution in [3.8, 4) is 0 Å². The molecule has 1 saturated heterocycles. The quantitative estimate of drug-likeness (QED) is 0.864. The molecular weight excluding hydrogens is 292 g/mol. The third-order valence-corrected chi connectivity index (χ3v) is 3.67. The minimum atomic E-state index is -0.636. The number of aromatic nitrogens is 4. The molecule has 2 aromatic rings. The first-order chi connectivity index (χ1) is 10.5. The highest BCUT2D eigenvalue weighted by Crippen LogP contribution is 2.32. The Kier molecular flexibility index (Phi) is 3.82. The predicted molar refractivity (Wildman–Crippen MR) is 72.6 cm³/mol. The number of carbonyl (C=O) groups is 1. The molecule has 1 aliphatic rings. The molecule has 0 aliphatic carbocycles. The Bertz CT molecular complexity index is 682. The van der Waals surface area contributed by atoms with Crippen LogP contribution in [-0.4, -0.2) is 37.6 Å². The van der Waals surface area contributed by atoms with Crippen LogP contribution in [0.15, 0.2) is 18.2 Å². The van der Waals surface area contributed by atoms with Crippen LogP contribution in [0, 0.1) is 18.6 Å². The first-order valence-electron chi connectivity index (χ1n) is 7.03. The van der Waals surface area contributed by atoms with E-state index in [1.165, 1.54) is 16.9 Å². The summed E-state index contributed by atoms with van der Waals surface area (Å²) < 4.78 is 26.8. The van der Waals surface area contributed by atoms with Crippen LogP contribution in [0.3, 0.4) is 0 Å². The van der Waals surface area contributed by atoms with E-state index in [9.17, 15) is 13.6 Å². The van der Waals surface area contributed by atoms with Crippen LogP contribution < -0.4 is 0 Å². The van der Waals surface area contributed by atoms with Gasteiger partial charge in [-0.1, -0.05) is 0 Å². The van der Waals surface area contributed by atoms with E-state index in [0.29, 0.717) is 24.4 Å². The Morgan fingerprint density at radius 3 is 2.68 bits per heavy atom. The number of hydrogen-bond acceptors (Lipinski definition) is 4. The smallest absolute Gasteiger partial charge is 0.246 e. The van der Waals surface area contributed by atoms with Gasteiger partial charge in [0, 0.05) is 12.6 Å². The maximum atomic E-state index is 13.4. The Morgan fingerprint density at radius 1 is 1.32 bits per heavy atom. The minimum absolute atomic E-state index is 0.0326. The van der Waals surface area contributed by atoms with E-state index in [2.05, 4.69) is 15.4 Å². The molecule has 8 heteroatoms.